The Hall–Kier alpha value is -1.54. The maximum atomic E-state index is 5.66. The third kappa shape index (κ3) is 2.74. The molecule has 1 unspecified atom stereocenters. The molecule has 3 rings (SSSR count). The van der Waals surface area contributed by atoms with Gasteiger partial charge in [0.05, 0.1) is 4.83 Å². The van der Waals surface area contributed by atoms with Gasteiger partial charge in [0.2, 0.25) is 0 Å². The molecule has 0 radical (unpaired) electrons. The molecule has 19 heavy (non-hydrogen) atoms. The summed E-state index contributed by atoms with van der Waals surface area (Å²) in [6.07, 6.45) is 0.928. The van der Waals surface area contributed by atoms with E-state index < -0.39 is 0 Å². The summed E-state index contributed by atoms with van der Waals surface area (Å²) in [5.74, 6) is 1.95. The highest BCUT2D eigenvalue weighted by Gasteiger charge is 2.12. The fourth-order valence-corrected chi connectivity index (χ4v) is 2.91. The van der Waals surface area contributed by atoms with Gasteiger partial charge in [-0.3, -0.25) is 0 Å². The summed E-state index contributed by atoms with van der Waals surface area (Å²) in [5.41, 5.74) is 1.31. The highest BCUT2D eigenvalue weighted by atomic mass is 79.9. The van der Waals surface area contributed by atoms with Gasteiger partial charge in [0.25, 0.3) is 0 Å². The Labute approximate surface area is 121 Å². The first-order chi connectivity index (χ1) is 9.22. The van der Waals surface area contributed by atoms with Crippen LogP contribution in [0.4, 0.5) is 0 Å². The normalized spacial score (nSPS) is 12.7. The average Bonchev–Trinajstić information content (AvgIpc) is 2.85. The third-order valence-electron chi connectivity index (χ3n) is 3.30. The number of rotatable bonds is 3. The van der Waals surface area contributed by atoms with Crippen molar-refractivity contribution in [3.05, 3.63) is 71.7 Å². The van der Waals surface area contributed by atoms with Gasteiger partial charge < -0.3 is 4.42 Å². The van der Waals surface area contributed by atoms with Crippen LogP contribution in [0.3, 0.4) is 0 Å². The SMILES string of the molecule is Cc1ccc(C(Br)Cc2ccc3ccccc3c2)o1. The van der Waals surface area contributed by atoms with Gasteiger partial charge in [-0.25, -0.2) is 0 Å². The van der Waals surface area contributed by atoms with Gasteiger partial charge in [-0.2, -0.15) is 0 Å². The zero-order valence-electron chi connectivity index (χ0n) is 10.8. The molecule has 0 amide bonds. The van der Waals surface area contributed by atoms with Crippen molar-refractivity contribution >= 4 is 26.7 Å². The van der Waals surface area contributed by atoms with E-state index in [1.54, 1.807) is 0 Å². The minimum Gasteiger partial charge on any atom is -0.465 e. The molecule has 3 aromatic rings. The summed E-state index contributed by atoms with van der Waals surface area (Å²) in [6.45, 7) is 1.97. The molecule has 0 fully saturated rings. The Bertz CT molecular complexity index is 699. The number of hydrogen-bond acceptors (Lipinski definition) is 1. The first-order valence-electron chi connectivity index (χ1n) is 6.40. The van der Waals surface area contributed by atoms with Crippen LogP contribution in [0.15, 0.2) is 59.0 Å². The van der Waals surface area contributed by atoms with E-state index in [4.69, 9.17) is 4.42 Å². The number of aryl methyl sites for hydroxylation is 1. The topological polar surface area (TPSA) is 13.1 Å². The smallest absolute Gasteiger partial charge is 0.118 e. The van der Waals surface area contributed by atoms with Crippen LogP contribution in [0, 0.1) is 6.92 Å². The summed E-state index contributed by atoms with van der Waals surface area (Å²) >= 11 is 3.71. The third-order valence-corrected chi connectivity index (χ3v) is 4.07. The molecule has 96 valence electrons. The van der Waals surface area contributed by atoms with Crippen molar-refractivity contribution in [2.45, 2.75) is 18.2 Å². The predicted octanol–water partition coefficient (Wildman–Crippen LogP) is 5.42. The first kappa shape index (κ1) is 12.5. The summed E-state index contributed by atoms with van der Waals surface area (Å²) in [7, 11) is 0. The van der Waals surface area contributed by atoms with Crippen LogP contribution < -0.4 is 0 Å². The van der Waals surface area contributed by atoms with Crippen LogP contribution in [0.1, 0.15) is 21.9 Å². The molecule has 0 bridgehead atoms. The Morgan fingerprint density at radius 1 is 1.00 bits per heavy atom. The lowest BCUT2D eigenvalue weighted by atomic mass is 10.0. The Kier molecular flexibility index (Phi) is 3.43. The highest BCUT2D eigenvalue weighted by molar-refractivity contribution is 9.09. The fourth-order valence-electron chi connectivity index (χ4n) is 2.30. The quantitative estimate of drug-likeness (QED) is 0.588. The molecular formula is C17H15BrO. The minimum absolute atomic E-state index is 0.224. The molecule has 0 aliphatic heterocycles. The van der Waals surface area contributed by atoms with E-state index in [-0.39, 0.29) is 4.83 Å². The molecule has 0 saturated carbocycles. The van der Waals surface area contributed by atoms with Crippen molar-refractivity contribution < 1.29 is 4.42 Å². The van der Waals surface area contributed by atoms with E-state index in [9.17, 15) is 0 Å². The second-order valence-electron chi connectivity index (χ2n) is 4.80. The van der Waals surface area contributed by atoms with E-state index in [1.165, 1.54) is 16.3 Å². The monoisotopic (exact) mass is 314 g/mol. The maximum absolute atomic E-state index is 5.66. The van der Waals surface area contributed by atoms with E-state index in [2.05, 4.69) is 58.4 Å². The lowest BCUT2D eigenvalue weighted by molar-refractivity contribution is 0.481. The maximum Gasteiger partial charge on any atom is 0.118 e. The molecule has 2 aromatic carbocycles. The van der Waals surface area contributed by atoms with Gasteiger partial charge in [0.15, 0.2) is 0 Å². The summed E-state index contributed by atoms with van der Waals surface area (Å²) in [4.78, 5) is 0.224. The van der Waals surface area contributed by atoms with Crippen LogP contribution in [0.25, 0.3) is 10.8 Å². The molecule has 0 spiro atoms. The Morgan fingerprint density at radius 2 is 1.79 bits per heavy atom. The number of hydrogen-bond donors (Lipinski definition) is 0. The zero-order valence-corrected chi connectivity index (χ0v) is 12.4. The van der Waals surface area contributed by atoms with Gasteiger partial charge in [0.1, 0.15) is 11.5 Å². The molecule has 1 nitrogen and oxygen atoms in total. The van der Waals surface area contributed by atoms with E-state index in [0.29, 0.717) is 0 Å². The molecule has 0 aliphatic carbocycles. The number of alkyl halides is 1. The van der Waals surface area contributed by atoms with E-state index >= 15 is 0 Å². The van der Waals surface area contributed by atoms with Gasteiger partial charge in [0, 0.05) is 0 Å². The van der Waals surface area contributed by atoms with Crippen molar-refractivity contribution in [3.8, 4) is 0 Å². The van der Waals surface area contributed by atoms with Crippen molar-refractivity contribution in [2.24, 2.45) is 0 Å². The highest BCUT2D eigenvalue weighted by Crippen LogP contribution is 2.29. The van der Waals surface area contributed by atoms with E-state index in [0.717, 1.165) is 17.9 Å². The van der Waals surface area contributed by atoms with Crippen LogP contribution in [-0.4, -0.2) is 0 Å². The molecule has 1 aromatic heterocycles. The number of benzene rings is 2. The number of furan rings is 1. The first-order valence-corrected chi connectivity index (χ1v) is 7.32. The standard InChI is InChI=1S/C17H15BrO/c1-12-6-9-17(19-12)16(18)11-13-7-8-14-4-2-3-5-15(14)10-13/h2-10,16H,11H2,1H3. The van der Waals surface area contributed by atoms with Crippen molar-refractivity contribution in [1.82, 2.24) is 0 Å². The molecule has 0 saturated heterocycles. The molecule has 1 atom stereocenters. The lowest BCUT2D eigenvalue weighted by Gasteiger charge is -2.08. The van der Waals surface area contributed by atoms with Crippen LogP contribution >= 0.6 is 15.9 Å². The molecule has 0 aliphatic rings. The van der Waals surface area contributed by atoms with Crippen molar-refractivity contribution in [2.75, 3.05) is 0 Å². The van der Waals surface area contributed by atoms with Crippen molar-refractivity contribution in [3.63, 3.8) is 0 Å². The second-order valence-corrected chi connectivity index (χ2v) is 5.91. The summed E-state index contributed by atoms with van der Waals surface area (Å²) in [6, 6.07) is 19.1. The minimum atomic E-state index is 0.224. The number of fused-ring (bicyclic) bond motifs is 1. The lowest BCUT2D eigenvalue weighted by Crippen LogP contribution is -1.93. The van der Waals surface area contributed by atoms with Crippen LogP contribution in [0.2, 0.25) is 0 Å². The predicted molar refractivity (Wildman–Crippen MR) is 82.8 cm³/mol. The fraction of sp³-hybridized carbons (Fsp3) is 0.176. The van der Waals surface area contributed by atoms with Crippen LogP contribution in [0.5, 0.6) is 0 Å². The summed E-state index contributed by atoms with van der Waals surface area (Å²) < 4.78 is 5.66. The number of halogens is 1. The summed E-state index contributed by atoms with van der Waals surface area (Å²) in [5, 5.41) is 2.57. The largest absolute Gasteiger partial charge is 0.465 e. The second kappa shape index (κ2) is 5.22. The zero-order chi connectivity index (χ0) is 13.2. The Balaban J connectivity index is 1.84. The van der Waals surface area contributed by atoms with E-state index in [1.807, 2.05) is 19.1 Å². The molecule has 1 heterocycles. The molecule has 2 heteroatoms. The van der Waals surface area contributed by atoms with Crippen molar-refractivity contribution in [1.29, 1.82) is 0 Å². The van der Waals surface area contributed by atoms with Gasteiger partial charge >= 0.3 is 0 Å². The van der Waals surface area contributed by atoms with Gasteiger partial charge in [-0.05, 0) is 41.8 Å². The Morgan fingerprint density at radius 3 is 2.53 bits per heavy atom. The average molecular weight is 315 g/mol. The van der Waals surface area contributed by atoms with Gasteiger partial charge in [-0.1, -0.05) is 58.4 Å². The van der Waals surface area contributed by atoms with Crippen LogP contribution in [-0.2, 0) is 6.42 Å². The molecule has 0 N–H and O–H groups in total. The molecular weight excluding hydrogens is 300 g/mol. The van der Waals surface area contributed by atoms with Gasteiger partial charge in [-0.15, -0.1) is 0 Å².